The molecule has 0 N–H and O–H groups in total. The van der Waals surface area contributed by atoms with Crippen LogP contribution < -0.4 is 0 Å². The Bertz CT molecular complexity index is 286. The molecule has 0 spiro atoms. The number of carbonyl (C=O) groups excluding carboxylic acids is 3. The highest BCUT2D eigenvalue weighted by Gasteiger charge is 2.45. The van der Waals surface area contributed by atoms with Crippen molar-refractivity contribution in [2.75, 3.05) is 5.75 Å². The van der Waals surface area contributed by atoms with Gasteiger partial charge < -0.3 is 4.84 Å². The summed E-state index contributed by atoms with van der Waals surface area (Å²) in [7, 11) is 0. The van der Waals surface area contributed by atoms with Gasteiger partial charge >= 0.3 is 17.4 Å². The van der Waals surface area contributed by atoms with E-state index in [1.165, 1.54) is 0 Å². The summed E-state index contributed by atoms with van der Waals surface area (Å²) in [6.45, 7) is 0. The molecule has 1 heterocycles. The third-order valence-electron chi connectivity index (χ3n) is 1.12. The Kier molecular flexibility index (Phi) is 2.69. The van der Waals surface area contributed by atoms with E-state index in [4.69, 9.17) is 0 Å². The maximum atomic E-state index is 11.6. The zero-order valence-corrected chi connectivity index (χ0v) is 7.15. The molecule has 9 heteroatoms. The van der Waals surface area contributed by atoms with Gasteiger partial charge in [-0.2, -0.15) is 13.2 Å². The van der Waals surface area contributed by atoms with Crippen molar-refractivity contribution in [1.29, 1.82) is 0 Å². The minimum absolute atomic E-state index is 0.194. The average Bonchev–Trinajstić information content (AvgIpc) is 2.34. The Balaban J connectivity index is 2.65. The molecule has 1 aliphatic heterocycles. The Morgan fingerprint density at radius 3 is 2.36 bits per heavy atom. The first kappa shape index (κ1) is 10.8. The number of thioether (sulfide) groups is 1. The normalized spacial score (nSPS) is 17.5. The van der Waals surface area contributed by atoms with Gasteiger partial charge in [0.2, 0.25) is 0 Å². The number of hydrogen-bond donors (Lipinski definition) is 0. The second-order valence-corrected chi connectivity index (χ2v) is 3.05. The largest absolute Gasteiger partial charge is 0.493 e. The molecule has 0 atom stereocenters. The second-order valence-electron chi connectivity index (χ2n) is 2.12. The molecule has 0 aliphatic carbocycles. The van der Waals surface area contributed by atoms with Crippen molar-refractivity contribution in [3.05, 3.63) is 0 Å². The number of nitrogens with zero attached hydrogens (tertiary/aromatic N) is 1. The Morgan fingerprint density at radius 2 is 2.00 bits per heavy atom. The summed E-state index contributed by atoms with van der Waals surface area (Å²) in [5, 5.41) is -1.23. The molecule has 0 aromatic heterocycles. The van der Waals surface area contributed by atoms with Crippen LogP contribution in [0.3, 0.4) is 0 Å². The van der Waals surface area contributed by atoms with Crippen LogP contribution >= 0.6 is 11.8 Å². The quantitative estimate of drug-likeness (QED) is 0.662. The van der Waals surface area contributed by atoms with Crippen molar-refractivity contribution in [3.8, 4) is 0 Å². The van der Waals surface area contributed by atoms with Crippen LogP contribution in [0, 0.1) is 0 Å². The van der Waals surface area contributed by atoms with Crippen molar-refractivity contribution >= 4 is 28.9 Å². The van der Waals surface area contributed by atoms with Crippen LogP contribution in [-0.4, -0.2) is 34.1 Å². The first-order chi connectivity index (χ1) is 6.32. The molecule has 0 saturated carbocycles. The van der Waals surface area contributed by atoms with Gasteiger partial charge in [-0.1, -0.05) is 16.8 Å². The van der Waals surface area contributed by atoms with E-state index in [0.29, 0.717) is 11.8 Å². The molecule has 5 nitrogen and oxygen atoms in total. The van der Waals surface area contributed by atoms with Crippen molar-refractivity contribution in [3.63, 3.8) is 0 Å². The number of hydroxylamine groups is 2. The van der Waals surface area contributed by atoms with Crippen LogP contribution in [0.25, 0.3) is 0 Å². The molecule has 0 aromatic rings. The summed E-state index contributed by atoms with van der Waals surface area (Å²) in [4.78, 5) is 35.1. The predicted molar refractivity (Wildman–Crippen MR) is 36.8 cm³/mol. The van der Waals surface area contributed by atoms with Gasteiger partial charge in [-0.25, -0.2) is 4.79 Å². The number of hydrogen-bond acceptors (Lipinski definition) is 5. The molecule has 1 rings (SSSR count). The van der Waals surface area contributed by atoms with Crippen LogP contribution in [0.4, 0.5) is 18.0 Å². The monoisotopic (exact) mass is 229 g/mol. The van der Waals surface area contributed by atoms with E-state index in [2.05, 4.69) is 4.84 Å². The molecule has 0 aromatic carbocycles. The molecule has 78 valence electrons. The van der Waals surface area contributed by atoms with E-state index in [0.717, 1.165) is 0 Å². The van der Waals surface area contributed by atoms with Crippen LogP contribution in [0.1, 0.15) is 0 Å². The standard InChI is InChI=1S/C5H2F3NO4S/c6-5(7,8)3(11)13-9-2(10)1-14-4(9)12/h1H2. The van der Waals surface area contributed by atoms with Gasteiger partial charge in [0.05, 0.1) is 5.75 Å². The number of imide groups is 1. The van der Waals surface area contributed by atoms with Gasteiger partial charge in [0.1, 0.15) is 0 Å². The lowest BCUT2D eigenvalue weighted by atomic mass is 10.7. The lowest BCUT2D eigenvalue weighted by molar-refractivity contribution is -0.225. The highest BCUT2D eigenvalue weighted by molar-refractivity contribution is 8.14. The number of amides is 2. The summed E-state index contributed by atoms with van der Waals surface area (Å²) in [5.74, 6) is -3.91. The summed E-state index contributed by atoms with van der Waals surface area (Å²) in [5.41, 5.74) is 0. The zero-order chi connectivity index (χ0) is 10.9. The van der Waals surface area contributed by atoms with Crippen molar-refractivity contribution in [1.82, 2.24) is 5.06 Å². The fourth-order valence-electron chi connectivity index (χ4n) is 0.565. The van der Waals surface area contributed by atoms with Gasteiger partial charge in [0.15, 0.2) is 0 Å². The number of alkyl halides is 3. The van der Waals surface area contributed by atoms with Gasteiger partial charge in [-0.3, -0.25) is 9.59 Å². The topological polar surface area (TPSA) is 63.7 Å². The highest BCUT2D eigenvalue weighted by atomic mass is 32.2. The minimum atomic E-state index is -5.23. The predicted octanol–water partition coefficient (Wildman–Crippen LogP) is 0.702. The van der Waals surface area contributed by atoms with Crippen molar-refractivity contribution in [2.45, 2.75) is 6.18 Å². The van der Waals surface area contributed by atoms with E-state index < -0.39 is 23.3 Å². The molecule has 0 radical (unpaired) electrons. The third-order valence-corrected chi connectivity index (χ3v) is 1.92. The number of rotatable bonds is 1. The van der Waals surface area contributed by atoms with E-state index >= 15 is 0 Å². The third kappa shape index (κ3) is 2.16. The molecule has 1 saturated heterocycles. The van der Waals surface area contributed by atoms with Gasteiger partial charge in [-0.05, 0) is 0 Å². The molecule has 0 unspecified atom stereocenters. The fraction of sp³-hybridized carbons (Fsp3) is 0.400. The average molecular weight is 229 g/mol. The molecular formula is C5H2F3NO4S. The molecule has 14 heavy (non-hydrogen) atoms. The van der Waals surface area contributed by atoms with Gasteiger partial charge in [-0.15, -0.1) is 0 Å². The zero-order valence-electron chi connectivity index (χ0n) is 6.33. The fourth-order valence-corrected chi connectivity index (χ4v) is 1.19. The maximum absolute atomic E-state index is 11.6. The maximum Gasteiger partial charge on any atom is 0.493 e. The Labute approximate surface area is 79.1 Å². The molecule has 0 bridgehead atoms. The Morgan fingerprint density at radius 1 is 1.43 bits per heavy atom. The van der Waals surface area contributed by atoms with E-state index in [-0.39, 0.29) is 10.8 Å². The SMILES string of the molecule is O=C1CSC(=O)N1OC(=O)C(F)(F)F. The lowest BCUT2D eigenvalue weighted by Crippen LogP contribution is -2.37. The summed E-state index contributed by atoms with van der Waals surface area (Å²) in [6, 6.07) is 0. The lowest BCUT2D eigenvalue weighted by Gasteiger charge is -2.12. The molecule has 1 aliphatic rings. The van der Waals surface area contributed by atoms with Crippen molar-refractivity contribution < 1.29 is 32.4 Å². The first-order valence-corrected chi connectivity index (χ1v) is 4.10. The smallest absolute Gasteiger partial charge is 0.321 e. The van der Waals surface area contributed by atoms with Crippen LogP contribution in [0.5, 0.6) is 0 Å². The van der Waals surface area contributed by atoms with E-state index in [9.17, 15) is 27.6 Å². The summed E-state index contributed by atoms with van der Waals surface area (Å²) < 4.78 is 34.9. The van der Waals surface area contributed by atoms with Crippen LogP contribution in [0.2, 0.25) is 0 Å². The van der Waals surface area contributed by atoms with Crippen molar-refractivity contribution in [2.24, 2.45) is 0 Å². The summed E-state index contributed by atoms with van der Waals surface area (Å²) >= 11 is 0.459. The molecule has 2 amide bonds. The first-order valence-electron chi connectivity index (χ1n) is 3.11. The van der Waals surface area contributed by atoms with E-state index in [1.54, 1.807) is 0 Å². The Hall–Kier alpha value is -1.25. The number of carbonyl (C=O) groups is 3. The van der Waals surface area contributed by atoms with E-state index in [1.807, 2.05) is 0 Å². The molecular weight excluding hydrogens is 227 g/mol. The second kappa shape index (κ2) is 3.48. The summed E-state index contributed by atoms with van der Waals surface area (Å²) in [6.07, 6.45) is -5.23. The molecule has 1 fully saturated rings. The number of halogens is 3. The van der Waals surface area contributed by atoms with Gasteiger partial charge in [0, 0.05) is 0 Å². The minimum Gasteiger partial charge on any atom is -0.321 e. The van der Waals surface area contributed by atoms with Gasteiger partial charge in [0.25, 0.3) is 5.91 Å². The van der Waals surface area contributed by atoms with Crippen LogP contribution in [0.15, 0.2) is 0 Å². The highest BCUT2D eigenvalue weighted by Crippen LogP contribution is 2.23. The van der Waals surface area contributed by atoms with Crippen LogP contribution in [-0.2, 0) is 14.4 Å².